The first-order chi connectivity index (χ1) is 17.7. The van der Waals surface area contributed by atoms with Crippen molar-refractivity contribution in [2.24, 2.45) is 5.73 Å². The van der Waals surface area contributed by atoms with Crippen LogP contribution in [0.2, 0.25) is 0 Å². The Morgan fingerprint density at radius 2 is 1.86 bits per heavy atom. The molecule has 1 fully saturated rings. The number of aromatic nitrogens is 5. The lowest BCUT2D eigenvalue weighted by molar-refractivity contribution is -0.137. The quantitative estimate of drug-likeness (QED) is 0.415. The van der Waals surface area contributed by atoms with Crippen molar-refractivity contribution < 1.29 is 22.7 Å². The first-order valence-corrected chi connectivity index (χ1v) is 11.2. The van der Waals surface area contributed by atoms with Gasteiger partial charge in [0, 0.05) is 43.2 Å². The molecule has 2 amide bonds. The van der Waals surface area contributed by atoms with Crippen molar-refractivity contribution in [3.63, 3.8) is 0 Å². The number of anilines is 3. The molecule has 0 radical (unpaired) electrons. The average molecular weight is 513 g/mol. The molecule has 5 rings (SSSR count). The molecule has 0 unspecified atom stereocenters. The van der Waals surface area contributed by atoms with Crippen LogP contribution in [-0.4, -0.2) is 61.8 Å². The molecule has 1 saturated heterocycles. The third-order valence-corrected chi connectivity index (χ3v) is 5.96. The number of urea groups is 1. The Balaban J connectivity index is 1.51. The van der Waals surface area contributed by atoms with Crippen molar-refractivity contribution in [2.45, 2.75) is 12.7 Å². The van der Waals surface area contributed by atoms with Crippen LogP contribution in [0.1, 0.15) is 11.3 Å². The molecule has 0 saturated carbocycles. The molecule has 0 spiro atoms. The third-order valence-electron chi connectivity index (χ3n) is 5.96. The zero-order valence-electron chi connectivity index (χ0n) is 19.4. The molecule has 14 heteroatoms. The molecule has 0 bridgehead atoms. The van der Waals surface area contributed by atoms with Gasteiger partial charge in [0.05, 0.1) is 24.5 Å². The normalized spacial score (nSPS) is 14.7. The number of halogens is 3. The van der Waals surface area contributed by atoms with E-state index in [1.807, 2.05) is 6.07 Å². The fourth-order valence-corrected chi connectivity index (χ4v) is 4.19. The highest BCUT2D eigenvalue weighted by atomic mass is 19.4. The van der Waals surface area contributed by atoms with Crippen LogP contribution in [0, 0.1) is 0 Å². The molecule has 37 heavy (non-hydrogen) atoms. The smallest absolute Gasteiger partial charge is 0.382 e. The van der Waals surface area contributed by atoms with Gasteiger partial charge in [-0.2, -0.15) is 18.3 Å². The number of pyridine rings is 2. The van der Waals surface area contributed by atoms with E-state index in [1.165, 1.54) is 18.6 Å². The van der Waals surface area contributed by atoms with Gasteiger partial charge >= 0.3 is 12.2 Å². The lowest BCUT2D eigenvalue weighted by Crippen LogP contribution is -2.36. The van der Waals surface area contributed by atoms with E-state index in [9.17, 15) is 18.0 Å². The summed E-state index contributed by atoms with van der Waals surface area (Å²) in [5.41, 5.74) is 13.5. The number of morpholine rings is 1. The van der Waals surface area contributed by atoms with Gasteiger partial charge in [0.1, 0.15) is 23.5 Å². The Morgan fingerprint density at radius 1 is 1.08 bits per heavy atom. The number of fused-ring (bicyclic) bond motifs is 1. The molecule has 5 heterocycles. The van der Waals surface area contributed by atoms with E-state index in [-0.39, 0.29) is 17.5 Å². The third kappa shape index (κ3) is 4.88. The van der Waals surface area contributed by atoms with Crippen molar-refractivity contribution in [3.8, 4) is 11.1 Å². The zero-order chi connectivity index (χ0) is 26.2. The lowest BCUT2D eigenvalue weighted by atomic mass is 10.1. The molecule has 0 aromatic carbocycles. The van der Waals surface area contributed by atoms with E-state index in [1.54, 1.807) is 10.6 Å². The van der Waals surface area contributed by atoms with Crippen molar-refractivity contribution in [3.05, 3.63) is 60.3 Å². The zero-order valence-corrected chi connectivity index (χ0v) is 19.4. The molecule has 1 aliphatic heterocycles. The number of amides is 2. The average Bonchev–Trinajstić information content (AvgIpc) is 3.24. The van der Waals surface area contributed by atoms with E-state index in [4.69, 9.17) is 16.2 Å². The predicted octanol–water partition coefficient (Wildman–Crippen LogP) is 2.84. The Hall–Kier alpha value is -4.30. The van der Waals surface area contributed by atoms with Crippen LogP contribution in [0.5, 0.6) is 0 Å². The molecule has 1 aliphatic rings. The number of carbonyl (C=O) groups is 1. The maximum absolute atomic E-state index is 13.2. The van der Waals surface area contributed by atoms with E-state index >= 15 is 0 Å². The number of nitrogen functional groups attached to an aromatic ring is 1. The maximum atomic E-state index is 13.2. The van der Waals surface area contributed by atoms with Gasteiger partial charge in [0.25, 0.3) is 0 Å². The highest BCUT2D eigenvalue weighted by molar-refractivity contribution is 5.97. The molecule has 0 aliphatic carbocycles. The largest absolute Gasteiger partial charge is 0.416 e. The molecule has 4 N–H and O–H groups in total. The summed E-state index contributed by atoms with van der Waals surface area (Å²) in [5.74, 6) is -0.0269. The Labute approximate surface area is 208 Å². The Kier molecular flexibility index (Phi) is 6.35. The minimum absolute atomic E-state index is 0.00403. The van der Waals surface area contributed by atoms with Gasteiger partial charge in [-0.05, 0) is 30.3 Å². The summed E-state index contributed by atoms with van der Waals surface area (Å²) >= 11 is 0. The minimum atomic E-state index is -4.62. The number of nitrogens with two attached hydrogens (primary N) is 2. The number of carbonyl (C=O) groups excluding carboxylic acids is 1. The summed E-state index contributed by atoms with van der Waals surface area (Å²) < 4.78 is 46.7. The molecule has 4 aromatic heterocycles. The summed E-state index contributed by atoms with van der Waals surface area (Å²) in [6.45, 7) is 3.48. The number of primary amides is 1. The van der Waals surface area contributed by atoms with E-state index < -0.39 is 17.8 Å². The second-order valence-electron chi connectivity index (χ2n) is 8.32. The summed E-state index contributed by atoms with van der Waals surface area (Å²) in [6.07, 6.45) is -0.813. The molecule has 11 nitrogen and oxygen atoms in total. The van der Waals surface area contributed by atoms with Gasteiger partial charge in [0.15, 0.2) is 5.82 Å². The Morgan fingerprint density at radius 3 is 2.54 bits per heavy atom. The summed E-state index contributed by atoms with van der Waals surface area (Å²) in [6, 6.07) is 5.56. The molecule has 192 valence electrons. The van der Waals surface area contributed by atoms with Crippen molar-refractivity contribution >= 4 is 29.0 Å². The highest BCUT2D eigenvalue weighted by Crippen LogP contribution is 2.34. The van der Waals surface area contributed by atoms with Crippen LogP contribution in [0.3, 0.4) is 0 Å². The number of alkyl halides is 3. The standard InChI is InChI=1S/C23H22F3N9O2/c24-23(25,26)15-3-4-29-19(9-15)34(22(28)36)18-2-1-14(11-30-18)17-10-16(12-33-5-7-37-8-6-33)35-20(17)21(27)31-13-32-35/h1-4,9-11,13H,5-8,12H2,(H2,28,36)(H2,27,31,32). The fraction of sp³-hybridized carbons (Fsp3) is 0.261. The van der Waals surface area contributed by atoms with Crippen LogP contribution >= 0.6 is 0 Å². The lowest BCUT2D eigenvalue weighted by Gasteiger charge is -2.26. The van der Waals surface area contributed by atoms with Crippen molar-refractivity contribution in [1.82, 2.24) is 29.5 Å². The van der Waals surface area contributed by atoms with Crippen LogP contribution < -0.4 is 16.4 Å². The van der Waals surface area contributed by atoms with Crippen molar-refractivity contribution in [2.75, 3.05) is 36.9 Å². The van der Waals surface area contributed by atoms with Gasteiger partial charge in [-0.25, -0.2) is 29.2 Å². The van der Waals surface area contributed by atoms with Gasteiger partial charge in [-0.3, -0.25) is 4.90 Å². The van der Waals surface area contributed by atoms with Gasteiger partial charge in [-0.1, -0.05) is 0 Å². The SMILES string of the molecule is NC(=O)N(c1ccc(-c2cc(CN3CCOCC3)n3ncnc(N)c23)cn1)c1cc(C(F)(F)F)ccn1. The van der Waals surface area contributed by atoms with E-state index in [2.05, 4.69) is 25.0 Å². The first-order valence-electron chi connectivity index (χ1n) is 11.2. The summed E-state index contributed by atoms with van der Waals surface area (Å²) in [7, 11) is 0. The monoisotopic (exact) mass is 513 g/mol. The number of ether oxygens (including phenoxy) is 1. The molecular weight excluding hydrogens is 491 g/mol. The van der Waals surface area contributed by atoms with Crippen LogP contribution in [0.25, 0.3) is 16.6 Å². The summed E-state index contributed by atoms with van der Waals surface area (Å²) in [4.78, 5) is 27.5. The maximum Gasteiger partial charge on any atom is 0.416 e. The molecule has 4 aromatic rings. The Bertz CT molecular complexity index is 1430. The molecule has 0 atom stereocenters. The predicted molar refractivity (Wildman–Crippen MR) is 128 cm³/mol. The second-order valence-corrected chi connectivity index (χ2v) is 8.32. The minimum Gasteiger partial charge on any atom is -0.382 e. The van der Waals surface area contributed by atoms with Crippen LogP contribution in [-0.2, 0) is 17.5 Å². The number of rotatable bonds is 5. The highest BCUT2D eigenvalue weighted by Gasteiger charge is 2.32. The van der Waals surface area contributed by atoms with Crippen molar-refractivity contribution in [1.29, 1.82) is 0 Å². The van der Waals surface area contributed by atoms with E-state index in [0.717, 1.165) is 42.0 Å². The number of hydrogen-bond donors (Lipinski definition) is 2. The van der Waals surface area contributed by atoms with Gasteiger partial charge < -0.3 is 16.2 Å². The fourth-order valence-electron chi connectivity index (χ4n) is 4.19. The van der Waals surface area contributed by atoms with Gasteiger partial charge in [-0.15, -0.1) is 0 Å². The topological polar surface area (TPSA) is 141 Å². The first kappa shape index (κ1) is 24.4. The number of nitrogens with zero attached hydrogens (tertiary/aromatic N) is 7. The van der Waals surface area contributed by atoms with Crippen LogP contribution in [0.4, 0.5) is 35.4 Å². The second kappa shape index (κ2) is 9.63. The van der Waals surface area contributed by atoms with E-state index in [0.29, 0.717) is 36.4 Å². The summed E-state index contributed by atoms with van der Waals surface area (Å²) in [5, 5.41) is 4.37. The van der Waals surface area contributed by atoms with Gasteiger partial charge in [0.2, 0.25) is 0 Å². The number of hydrogen-bond acceptors (Lipinski definition) is 8. The molecular formula is C23H22F3N9O2. The van der Waals surface area contributed by atoms with Crippen LogP contribution in [0.15, 0.2) is 49.1 Å².